The summed E-state index contributed by atoms with van der Waals surface area (Å²) in [5.74, 6) is -4.45. The summed E-state index contributed by atoms with van der Waals surface area (Å²) in [7, 11) is 0. The number of unbranched alkanes of at least 4 members (excludes halogenated alkanes) is 2. The Morgan fingerprint density at radius 1 is 0.892 bits per heavy atom. The Labute approximate surface area is 434 Å². The van der Waals surface area contributed by atoms with E-state index < -0.39 is 47.7 Å². The first-order valence-electron chi connectivity index (χ1n) is 23.7. The number of benzene rings is 3. The first kappa shape index (κ1) is 55.4. The lowest BCUT2D eigenvalue weighted by Gasteiger charge is -2.24. The summed E-state index contributed by atoms with van der Waals surface area (Å²) in [4.78, 5) is 112. The fourth-order valence-corrected chi connectivity index (χ4v) is 8.90. The average Bonchev–Trinajstić information content (AvgIpc) is 4.00. The van der Waals surface area contributed by atoms with Gasteiger partial charge in [0.2, 0.25) is 41.3 Å². The number of nitrogen functional groups attached to an aromatic ring is 2. The lowest BCUT2D eigenvalue weighted by atomic mass is 10.0. The molecule has 26 heteroatoms. The van der Waals surface area contributed by atoms with Crippen LogP contribution in [0.2, 0.25) is 5.02 Å². The van der Waals surface area contributed by atoms with Gasteiger partial charge in [-0.2, -0.15) is 22.0 Å². The summed E-state index contributed by atoms with van der Waals surface area (Å²) in [6, 6.07) is 11.0. The summed E-state index contributed by atoms with van der Waals surface area (Å²) in [5.41, 5.74) is 14.3. The maximum atomic E-state index is 13.5. The number of aromatic amines is 1. The summed E-state index contributed by atoms with van der Waals surface area (Å²) in [6.45, 7) is 5.61. The number of carbonyl (C=O) groups is 8. The number of carboxylic acids is 1. The molecule has 3 aromatic carbocycles. The number of thioether (sulfide) groups is 1. The number of aliphatic carboxylic acids is 1. The number of H-pyrrole nitrogens is 1. The molecule has 3 heterocycles. The minimum atomic E-state index is -1.27. The number of nitrogens with two attached hydrogens (primary N) is 2. The van der Waals surface area contributed by atoms with E-state index in [9.17, 15) is 43.5 Å². The Morgan fingerprint density at radius 3 is 2.31 bits per heavy atom. The normalized spacial score (nSPS) is 14.6. The third-order valence-corrected chi connectivity index (χ3v) is 13.4. The molecule has 0 saturated carbocycles. The molecule has 2 aromatic heterocycles. The van der Waals surface area contributed by atoms with Crippen LogP contribution in [0.25, 0.3) is 22.3 Å². The minimum absolute atomic E-state index is 0.0227. The van der Waals surface area contributed by atoms with Gasteiger partial charge in [-0.15, -0.1) is 10.2 Å². The second kappa shape index (κ2) is 25.6. The Balaban J connectivity index is 0.952. The van der Waals surface area contributed by atoms with Crippen molar-refractivity contribution in [3.05, 3.63) is 76.3 Å². The van der Waals surface area contributed by atoms with Crippen LogP contribution in [0.4, 0.5) is 23.1 Å². The van der Waals surface area contributed by atoms with Crippen molar-refractivity contribution in [2.24, 2.45) is 5.92 Å². The van der Waals surface area contributed by atoms with Gasteiger partial charge in [-0.25, -0.2) is 9.78 Å². The molecule has 74 heavy (non-hydrogen) atoms. The van der Waals surface area contributed by atoms with Gasteiger partial charge in [-0.1, -0.05) is 37.9 Å². The molecule has 1 fully saturated rings. The molecular formula is C48H58ClN15O9S. The smallest absolute Gasteiger partial charge is 0.326 e. The molecule has 24 nitrogen and oxygen atoms in total. The third kappa shape index (κ3) is 14.4. The highest BCUT2D eigenvalue weighted by atomic mass is 35.5. The summed E-state index contributed by atoms with van der Waals surface area (Å²) in [6.07, 6.45) is 3.89. The largest absolute Gasteiger partial charge is 0.480 e. The highest BCUT2D eigenvalue weighted by Gasteiger charge is 2.37. The van der Waals surface area contributed by atoms with Gasteiger partial charge in [0.15, 0.2) is 0 Å². The molecule has 0 spiro atoms. The summed E-state index contributed by atoms with van der Waals surface area (Å²) < 4.78 is 0. The van der Waals surface area contributed by atoms with Crippen LogP contribution in [-0.2, 0) is 35.3 Å². The molecule has 1 unspecified atom stereocenters. The van der Waals surface area contributed by atoms with E-state index in [1.165, 1.54) is 53.9 Å². The van der Waals surface area contributed by atoms with Gasteiger partial charge < -0.3 is 48.5 Å². The van der Waals surface area contributed by atoms with Gasteiger partial charge in [0.1, 0.15) is 23.9 Å². The Kier molecular flexibility index (Phi) is 19.2. The molecule has 1 saturated heterocycles. The van der Waals surface area contributed by atoms with E-state index in [1.54, 1.807) is 44.4 Å². The van der Waals surface area contributed by atoms with Gasteiger partial charge in [0, 0.05) is 55.0 Å². The van der Waals surface area contributed by atoms with E-state index in [0.717, 1.165) is 0 Å². The highest BCUT2D eigenvalue weighted by Crippen LogP contribution is 2.31. The van der Waals surface area contributed by atoms with Gasteiger partial charge in [-0.3, -0.25) is 38.5 Å². The SMILES string of the molecule is CSC1CC(=O)N(CCCCCC(=O)N[C@H](C(=O)N[C@@H](C)C(=O)Nc2ccc(C(=O)NCCC[C@H](NC(=O)c3ccc(NCc4ccc5nc(N)nc(N)c5c4Cl)cc3)C(=O)O)c(-c3nn[nH]n3)c2)C(C)C)C1=O. The number of rotatable bonds is 25. The number of tetrazole rings is 1. The second-order valence-electron chi connectivity index (χ2n) is 17.7. The number of hydrogen-bond acceptors (Lipinski definition) is 17. The molecule has 392 valence electrons. The number of amides is 7. The fourth-order valence-electron chi connectivity index (χ4n) is 7.93. The number of hydrogen-bond donors (Lipinski definition) is 10. The fraction of sp³-hybridized carbons (Fsp3) is 0.396. The number of fused-ring (bicyclic) bond motifs is 1. The molecule has 1 aliphatic heterocycles. The lowest BCUT2D eigenvalue weighted by molar-refractivity contribution is -0.140. The number of aromatic nitrogens is 6. The van der Waals surface area contributed by atoms with E-state index in [2.05, 4.69) is 62.5 Å². The number of carboxylic acid groups (broad SMARTS) is 1. The van der Waals surface area contributed by atoms with Crippen LogP contribution >= 0.6 is 23.4 Å². The molecule has 7 amide bonds. The van der Waals surface area contributed by atoms with Gasteiger partial charge in [0.05, 0.1) is 26.7 Å². The molecular weight excluding hydrogens is 998 g/mol. The van der Waals surface area contributed by atoms with Gasteiger partial charge >= 0.3 is 5.97 Å². The molecule has 5 aromatic rings. The van der Waals surface area contributed by atoms with Gasteiger partial charge in [0.25, 0.3) is 11.8 Å². The molecule has 12 N–H and O–H groups in total. The number of nitrogens with one attached hydrogen (secondary N) is 7. The van der Waals surface area contributed by atoms with Crippen molar-refractivity contribution >= 4 is 105 Å². The highest BCUT2D eigenvalue weighted by molar-refractivity contribution is 8.00. The zero-order valence-corrected chi connectivity index (χ0v) is 42.6. The van der Waals surface area contributed by atoms with E-state index >= 15 is 0 Å². The van der Waals surface area contributed by atoms with Crippen molar-refractivity contribution in [2.75, 3.05) is 41.4 Å². The maximum Gasteiger partial charge on any atom is 0.326 e. The predicted octanol–water partition coefficient (Wildman–Crippen LogP) is 3.27. The van der Waals surface area contributed by atoms with Crippen LogP contribution in [0.5, 0.6) is 0 Å². The van der Waals surface area contributed by atoms with Crippen molar-refractivity contribution in [2.45, 2.75) is 95.6 Å². The van der Waals surface area contributed by atoms with Crippen LogP contribution in [0.15, 0.2) is 54.6 Å². The number of nitrogens with zero attached hydrogens (tertiary/aromatic N) is 6. The zero-order chi connectivity index (χ0) is 53.6. The van der Waals surface area contributed by atoms with Crippen molar-refractivity contribution in [1.82, 2.24) is 56.8 Å². The van der Waals surface area contributed by atoms with E-state index in [-0.39, 0.29) is 101 Å². The average molecular weight is 1060 g/mol. The second-order valence-corrected chi connectivity index (χ2v) is 19.1. The first-order valence-corrected chi connectivity index (χ1v) is 25.3. The van der Waals surface area contributed by atoms with E-state index in [0.29, 0.717) is 59.5 Å². The zero-order valence-electron chi connectivity index (χ0n) is 41.0. The van der Waals surface area contributed by atoms with E-state index in [4.69, 9.17) is 23.1 Å². The van der Waals surface area contributed by atoms with Crippen molar-refractivity contribution < 1.29 is 43.5 Å². The van der Waals surface area contributed by atoms with Crippen LogP contribution in [0.1, 0.15) is 92.0 Å². The van der Waals surface area contributed by atoms with Crippen molar-refractivity contribution in [3.8, 4) is 11.4 Å². The Hall–Kier alpha value is -7.93. The molecule has 0 bridgehead atoms. The Morgan fingerprint density at radius 2 is 1.64 bits per heavy atom. The minimum Gasteiger partial charge on any atom is -0.480 e. The molecule has 0 radical (unpaired) electrons. The topological polar surface area (TPSA) is 364 Å². The number of carbonyl (C=O) groups excluding carboxylic acids is 7. The number of halogens is 1. The van der Waals surface area contributed by atoms with Gasteiger partial charge in [-0.05, 0) is 104 Å². The van der Waals surface area contributed by atoms with Crippen molar-refractivity contribution in [1.29, 1.82) is 0 Å². The summed E-state index contributed by atoms with van der Waals surface area (Å²) in [5, 5.41) is 40.9. The number of imide groups is 1. The van der Waals surface area contributed by atoms with Crippen LogP contribution in [0.3, 0.4) is 0 Å². The molecule has 4 atom stereocenters. The molecule has 6 rings (SSSR count). The molecule has 1 aliphatic rings. The van der Waals surface area contributed by atoms with Crippen LogP contribution < -0.4 is 43.4 Å². The number of anilines is 4. The predicted molar refractivity (Wildman–Crippen MR) is 277 cm³/mol. The van der Waals surface area contributed by atoms with E-state index in [1.807, 2.05) is 0 Å². The quantitative estimate of drug-likeness (QED) is 0.0296. The van der Waals surface area contributed by atoms with Crippen LogP contribution in [0, 0.1) is 5.92 Å². The maximum absolute atomic E-state index is 13.5. The van der Waals surface area contributed by atoms with Crippen LogP contribution in [-0.4, -0.2) is 131 Å². The first-order chi connectivity index (χ1) is 35.3. The summed E-state index contributed by atoms with van der Waals surface area (Å²) >= 11 is 7.95. The number of likely N-dealkylation sites (tertiary alicyclic amines) is 1. The van der Waals surface area contributed by atoms with Crippen molar-refractivity contribution in [3.63, 3.8) is 0 Å². The standard InChI is InChI=1S/C48H58ClN15O9S/c1-24(2)39(58-35(65)10-6-5-7-20-64-36(66)22-34(74-4)46(64)71)45(70)54-25(3)42(67)55-29-16-17-30(31(21-29)41-60-62-63-61-41)44(69)52-19-8-9-33(47(72)73)56-43(68)26-11-14-28(15-12-26)53-23-27-13-18-32-37(38(27)49)40(50)59-48(51)57-32/h11-18,21,24-25,33-34,39,53H,5-10,19-20,22-23H2,1-4H3,(H,52,69)(H,54,70)(H,55,67)(H,56,68)(H,58,65)(H,72,73)(H4,50,51,57,59)(H,60,61,62,63)/t25-,33-,34?,39-/m0/s1. The monoisotopic (exact) mass is 1060 g/mol. The lowest BCUT2D eigenvalue weighted by Crippen LogP contribution is -2.53. The molecule has 0 aliphatic carbocycles. The third-order valence-electron chi connectivity index (χ3n) is 12.0. The Bertz CT molecular complexity index is 2890.